The van der Waals surface area contributed by atoms with E-state index in [1.807, 2.05) is 7.05 Å². The zero-order valence-electron chi connectivity index (χ0n) is 10.3. The van der Waals surface area contributed by atoms with E-state index in [1.54, 1.807) is 4.68 Å². The fourth-order valence-corrected chi connectivity index (χ4v) is 4.12. The third kappa shape index (κ3) is 4.07. The summed E-state index contributed by atoms with van der Waals surface area (Å²) < 4.78 is 3.27. The van der Waals surface area contributed by atoms with Crippen molar-refractivity contribution in [2.24, 2.45) is 7.05 Å². The maximum Gasteiger partial charge on any atom is 0.230 e. The normalized spacial score (nSPS) is 16.7. The van der Waals surface area contributed by atoms with Crippen LogP contribution in [-0.2, 0) is 11.8 Å². The molecule has 1 fully saturated rings. The van der Waals surface area contributed by atoms with Crippen molar-refractivity contribution in [1.29, 1.82) is 0 Å². The molecule has 4 nitrogen and oxygen atoms in total. The van der Waals surface area contributed by atoms with Crippen molar-refractivity contribution in [2.75, 3.05) is 5.75 Å². The van der Waals surface area contributed by atoms with Gasteiger partial charge in [-0.15, -0.1) is 0 Å². The molecule has 1 aromatic rings. The molecule has 1 aliphatic carbocycles. The van der Waals surface area contributed by atoms with Gasteiger partial charge in [-0.3, -0.25) is 4.79 Å². The topological polar surface area (TPSA) is 46.9 Å². The van der Waals surface area contributed by atoms with Crippen LogP contribution >= 0.6 is 35.3 Å². The molecular weight excluding hydrogens is 286 g/mol. The molecule has 0 unspecified atom stereocenters. The first-order valence-corrected chi connectivity index (χ1v) is 8.32. The highest BCUT2D eigenvalue weighted by atomic mass is 32.2. The summed E-state index contributed by atoms with van der Waals surface area (Å²) >= 11 is 8.00. The standard InChI is InChI=1S/C11H17N3OS3/c1-14-11(16)18-10(13-14)17-7-9(15)12-8-5-3-2-4-6-8/h8H,2-7H2,1H3,(H,12,15). The average molecular weight is 303 g/mol. The molecule has 0 bridgehead atoms. The Morgan fingerprint density at radius 1 is 1.56 bits per heavy atom. The van der Waals surface area contributed by atoms with E-state index in [0.29, 0.717) is 11.8 Å². The molecule has 0 aliphatic heterocycles. The largest absolute Gasteiger partial charge is 0.353 e. The van der Waals surface area contributed by atoms with Gasteiger partial charge in [0.25, 0.3) is 0 Å². The van der Waals surface area contributed by atoms with Crippen LogP contribution in [0.25, 0.3) is 0 Å². The average Bonchev–Trinajstić information content (AvgIpc) is 2.68. The number of hydrogen-bond acceptors (Lipinski definition) is 5. The summed E-state index contributed by atoms with van der Waals surface area (Å²) in [5, 5.41) is 7.34. The van der Waals surface area contributed by atoms with E-state index in [2.05, 4.69) is 10.4 Å². The summed E-state index contributed by atoms with van der Waals surface area (Å²) in [6, 6.07) is 0.383. The van der Waals surface area contributed by atoms with Crippen molar-refractivity contribution in [3.63, 3.8) is 0 Å². The quantitative estimate of drug-likeness (QED) is 0.686. The summed E-state index contributed by atoms with van der Waals surface area (Å²) in [6.45, 7) is 0. The second kappa shape index (κ2) is 6.68. The summed E-state index contributed by atoms with van der Waals surface area (Å²) in [6.07, 6.45) is 6.02. The van der Waals surface area contributed by atoms with E-state index < -0.39 is 0 Å². The number of carbonyl (C=O) groups excluding carboxylic acids is 1. The Morgan fingerprint density at radius 2 is 2.28 bits per heavy atom. The first-order valence-electron chi connectivity index (χ1n) is 6.11. The highest BCUT2D eigenvalue weighted by molar-refractivity contribution is 8.01. The molecule has 7 heteroatoms. The maximum absolute atomic E-state index is 11.8. The van der Waals surface area contributed by atoms with Crippen molar-refractivity contribution in [2.45, 2.75) is 42.5 Å². The molecule has 0 saturated heterocycles. The van der Waals surface area contributed by atoms with Crippen molar-refractivity contribution >= 4 is 41.2 Å². The van der Waals surface area contributed by atoms with Gasteiger partial charge in [0.05, 0.1) is 5.75 Å². The Labute approximate surface area is 120 Å². The first-order chi connectivity index (χ1) is 8.65. The monoisotopic (exact) mass is 303 g/mol. The third-order valence-corrected chi connectivity index (χ3v) is 5.52. The number of carbonyl (C=O) groups is 1. The van der Waals surface area contributed by atoms with Crippen LogP contribution in [0.1, 0.15) is 32.1 Å². The van der Waals surface area contributed by atoms with Crippen LogP contribution in [0, 0.1) is 3.95 Å². The van der Waals surface area contributed by atoms with Gasteiger partial charge in [0.15, 0.2) is 8.29 Å². The van der Waals surface area contributed by atoms with Crippen LogP contribution in [0.2, 0.25) is 0 Å². The molecule has 100 valence electrons. The lowest BCUT2D eigenvalue weighted by Crippen LogP contribution is -2.37. The molecule has 18 heavy (non-hydrogen) atoms. The van der Waals surface area contributed by atoms with Crippen LogP contribution in [-0.4, -0.2) is 27.5 Å². The van der Waals surface area contributed by atoms with E-state index in [1.165, 1.54) is 42.4 Å². The molecule has 0 radical (unpaired) electrons. The van der Waals surface area contributed by atoms with Gasteiger partial charge in [-0.25, -0.2) is 4.68 Å². The van der Waals surface area contributed by atoms with Crippen molar-refractivity contribution in [1.82, 2.24) is 15.1 Å². The van der Waals surface area contributed by atoms with Gasteiger partial charge in [0.1, 0.15) is 0 Å². The SMILES string of the molecule is Cn1nc(SCC(=O)NC2CCCCC2)sc1=S. The molecule has 1 amide bonds. The van der Waals surface area contributed by atoms with Crippen LogP contribution in [0.4, 0.5) is 0 Å². The third-order valence-electron chi connectivity index (χ3n) is 2.97. The van der Waals surface area contributed by atoms with E-state index in [9.17, 15) is 4.79 Å². The van der Waals surface area contributed by atoms with Crippen molar-refractivity contribution in [3.05, 3.63) is 3.95 Å². The van der Waals surface area contributed by atoms with Crippen molar-refractivity contribution in [3.8, 4) is 0 Å². The lowest BCUT2D eigenvalue weighted by atomic mass is 9.95. The maximum atomic E-state index is 11.8. The molecule has 1 heterocycles. The Balaban J connectivity index is 1.75. The van der Waals surface area contributed by atoms with Crippen LogP contribution in [0.3, 0.4) is 0 Å². The molecule has 1 N–H and O–H groups in total. The summed E-state index contributed by atoms with van der Waals surface area (Å²) in [5.41, 5.74) is 0. The Morgan fingerprint density at radius 3 is 2.89 bits per heavy atom. The van der Waals surface area contributed by atoms with E-state index in [4.69, 9.17) is 12.2 Å². The highest BCUT2D eigenvalue weighted by Crippen LogP contribution is 2.22. The van der Waals surface area contributed by atoms with Crippen molar-refractivity contribution < 1.29 is 4.79 Å². The first kappa shape index (κ1) is 14.0. The molecule has 1 saturated carbocycles. The molecule has 1 aliphatic rings. The fourth-order valence-electron chi connectivity index (χ4n) is 2.03. The number of nitrogens with zero attached hydrogens (tertiary/aromatic N) is 2. The number of hydrogen-bond donors (Lipinski definition) is 1. The number of thioether (sulfide) groups is 1. The second-order valence-electron chi connectivity index (χ2n) is 4.45. The number of nitrogens with one attached hydrogen (secondary N) is 1. The van der Waals surface area contributed by atoms with Gasteiger partial charge in [0.2, 0.25) is 5.91 Å². The fraction of sp³-hybridized carbons (Fsp3) is 0.727. The smallest absolute Gasteiger partial charge is 0.230 e. The van der Waals surface area contributed by atoms with E-state index in [0.717, 1.165) is 21.1 Å². The van der Waals surface area contributed by atoms with Gasteiger partial charge in [-0.05, 0) is 25.1 Å². The molecule has 1 aromatic heterocycles. The van der Waals surface area contributed by atoms with E-state index in [-0.39, 0.29) is 5.91 Å². The molecule has 0 atom stereocenters. The van der Waals surface area contributed by atoms with Crippen LogP contribution in [0.5, 0.6) is 0 Å². The van der Waals surface area contributed by atoms with Gasteiger partial charge >= 0.3 is 0 Å². The Kier molecular flexibility index (Phi) is 5.20. The summed E-state index contributed by atoms with van der Waals surface area (Å²) in [5.74, 6) is 0.536. The number of aryl methyl sites for hydroxylation is 1. The van der Waals surface area contributed by atoms with Gasteiger partial charge in [-0.1, -0.05) is 42.4 Å². The molecule has 0 spiro atoms. The number of rotatable bonds is 4. The van der Waals surface area contributed by atoms with E-state index >= 15 is 0 Å². The van der Waals surface area contributed by atoms with Gasteiger partial charge < -0.3 is 5.32 Å². The highest BCUT2D eigenvalue weighted by Gasteiger charge is 2.16. The van der Waals surface area contributed by atoms with Gasteiger partial charge in [-0.2, -0.15) is 5.10 Å². The zero-order chi connectivity index (χ0) is 13.0. The Hall–Kier alpha value is -0.400. The van der Waals surface area contributed by atoms with Crippen LogP contribution in [0.15, 0.2) is 4.34 Å². The Bertz CT molecular complexity index is 462. The molecule has 2 rings (SSSR count). The minimum atomic E-state index is 0.107. The second-order valence-corrected chi connectivity index (χ2v) is 7.29. The number of aromatic nitrogens is 2. The lowest BCUT2D eigenvalue weighted by Gasteiger charge is -2.22. The summed E-state index contributed by atoms with van der Waals surface area (Å²) in [7, 11) is 1.82. The molecular formula is C11H17N3OS3. The lowest BCUT2D eigenvalue weighted by molar-refractivity contribution is -0.119. The minimum Gasteiger partial charge on any atom is -0.353 e. The molecule has 0 aromatic carbocycles. The minimum absolute atomic E-state index is 0.107. The predicted molar refractivity (Wildman–Crippen MR) is 77.7 cm³/mol. The summed E-state index contributed by atoms with van der Waals surface area (Å²) in [4.78, 5) is 11.8. The zero-order valence-corrected chi connectivity index (χ0v) is 12.8. The predicted octanol–water partition coefficient (Wildman–Crippen LogP) is 2.75. The van der Waals surface area contributed by atoms with Gasteiger partial charge in [0, 0.05) is 13.1 Å². The van der Waals surface area contributed by atoms with Crippen LogP contribution < -0.4 is 5.32 Å². The number of amides is 1.